The van der Waals surface area contributed by atoms with Crippen LogP contribution in [0.1, 0.15) is 25.7 Å². The molecule has 1 saturated carbocycles. The molecule has 0 spiro atoms. The Balaban J connectivity index is 2.45. The zero-order valence-corrected chi connectivity index (χ0v) is 4.81. The van der Waals surface area contributed by atoms with E-state index in [9.17, 15) is 4.79 Å². The molecule has 0 N–H and O–H groups in total. The largest absolute Gasteiger partial charge is 0.234 e. The van der Waals surface area contributed by atoms with Crippen LogP contribution in [0.2, 0.25) is 0 Å². The molecular formula is C7H9O. The molecule has 8 heavy (non-hydrogen) atoms. The maximum Gasteiger partial charge on any atom is 0.123 e. The van der Waals surface area contributed by atoms with E-state index in [1.54, 1.807) is 0 Å². The lowest BCUT2D eigenvalue weighted by Gasteiger charge is -2.07. The Morgan fingerprint density at radius 3 is 2.75 bits per heavy atom. The molecule has 43 valence electrons. The van der Waals surface area contributed by atoms with Gasteiger partial charge in [0.15, 0.2) is 0 Å². The van der Waals surface area contributed by atoms with Gasteiger partial charge in [-0.3, -0.25) is 0 Å². The van der Waals surface area contributed by atoms with Crippen molar-refractivity contribution in [3.8, 4) is 0 Å². The first-order valence-corrected chi connectivity index (χ1v) is 3.00. The SMILES string of the molecule is O=C=C1[CH]CCCC1. The highest BCUT2D eigenvalue weighted by molar-refractivity contribution is 5.55. The highest BCUT2D eigenvalue weighted by Gasteiger charge is 2.04. The molecule has 0 aromatic carbocycles. The zero-order valence-electron chi connectivity index (χ0n) is 4.81. The van der Waals surface area contributed by atoms with Crippen LogP contribution in [0.4, 0.5) is 0 Å². The van der Waals surface area contributed by atoms with Crippen molar-refractivity contribution in [3.05, 3.63) is 12.0 Å². The zero-order chi connectivity index (χ0) is 5.82. The fraction of sp³-hybridized carbons (Fsp3) is 0.571. The monoisotopic (exact) mass is 109 g/mol. The summed E-state index contributed by atoms with van der Waals surface area (Å²) in [6.45, 7) is 0. The molecule has 1 aliphatic carbocycles. The van der Waals surface area contributed by atoms with E-state index < -0.39 is 0 Å². The number of carbonyl (C=O) groups excluding carboxylic acids is 1. The van der Waals surface area contributed by atoms with Gasteiger partial charge in [-0.1, -0.05) is 6.42 Å². The van der Waals surface area contributed by atoms with E-state index in [1.165, 1.54) is 12.8 Å². The smallest absolute Gasteiger partial charge is 0.123 e. The topological polar surface area (TPSA) is 17.1 Å². The predicted molar refractivity (Wildman–Crippen MR) is 32.0 cm³/mol. The molecule has 0 aliphatic heterocycles. The van der Waals surface area contributed by atoms with Crippen LogP contribution in [0, 0.1) is 6.42 Å². The molecule has 1 aliphatic rings. The van der Waals surface area contributed by atoms with E-state index in [2.05, 4.69) is 0 Å². The molecule has 1 fully saturated rings. The molecule has 0 aromatic heterocycles. The molecule has 1 rings (SSSR count). The average Bonchev–Trinajstić information content (AvgIpc) is 1.90. The summed E-state index contributed by atoms with van der Waals surface area (Å²) in [5.41, 5.74) is 0.872. The van der Waals surface area contributed by atoms with Gasteiger partial charge in [0, 0.05) is 5.57 Å². The summed E-state index contributed by atoms with van der Waals surface area (Å²) in [7, 11) is 0. The van der Waals surface area contributed by atoms with Crippen LogP contribution in [-0.4, -0.2) is 5.94 Å². The van der Waals surface area contributed by atoms with Gasteiger partial charge in [0.1, 0.15) is 5.94 Å². The highest BCUT2D eigenvalue weighted by atomic mass is 16.1. The first-order valence-electron chi connectivity index (χ1n) is 3.00. The normalized spacial score (nSPS) is 20.2. The van der Waals surface area contributed by atoms with Gasteiger partial charge < -0.3 is 0 Å². The standard InChI is InChI=1S/C7H9O/c8-6-7-4-2-1-3-5-7/h4H,1-3,5H2. The van der Waals surface area contributed by atoms with Crippen LogP contribution in [0.3, 0.4) is 0 Å². The van der Waals surface area contributed by atoms with Crippen molar-refractivity contribution < 1.29 is 4.79 Å². The quantitative estimate of drug-likeness (QED) is 0.431. The van der Waals surface area contributed by atoms with Gasteiger partial charge in [-0.2, -0.15) is 0 Å². The van der Waals surface area contributed by atoms with Crippen LogP contribution in [0.15, 0.2) is 5.57 Å². The van der Waals surface area contributed by atoms with Crippen molar-refractivity contribution in [1.82, 2.24) is 0 Å². The minimum atomic E-state index is 0.872. The second kappa shape index (κ2) is 2.68. The fourth-order valence-electron chi connectivity index (χ4n) is 0.931. The van der Waals surface area contributed by atoms with Gasteiger partial charge in [-0.25, -0.2) is 4.79 Å². The molecule has 0 amide bonds. The Kier molecular flexibility index (Phi) is 1.87. The summed E-state index contributed by atoms with van der Waals surface area (Å²) in [4.78, 5) is 9.97. The molecule has 0 bridgehead atoms. The second-order valence-electron chi connectivity index (χ2n) is 2.08. The Bertz CT molecular complexity index is 112. The number of rotatable bonds is 0. The van der Waals surface area contributed by atoms with Gasteiger partial charge >= 0.3 is 0 Å². The second-order valence-corrected chi connectivity index (χ2v) is 2.08. The van der Waals surface area contributed by atoms with Crippen LogP contribution in [0.25, 0.3) is 0 Å². The first-order chi connectivity index (χ1) is 3.93. The number of allylic oxidation sites excluding steroid dienone is 1. The third-order valence-electron chi connectivity index (χ3n) is 1.42. The third kappa shape index (κ3) is 1.21. The van der Waals surface area contributed by atoms with E-state index in [0.717, 1.165) is 18.4 Å². The first kappa shape index (κ1) is 5.58. The lowest BCUT2D eigenvalue weighted by Crippen LogP contribution is -1.94. The number of hydrogen-bond donors (Lipinski definition) is 0. The van der Waals surface area contributed by atoms with Gasteiger partial charge in [0.05, 0.1) is 0 Å². The molecule has 0 atom stereocenters. The van der Waals surface area contributed by atoms with E-state index in [1.807, 2.05) is 12.4 Å². The average molecular weight is 109 g/mol. The molecule has 1 radical (unpaired) electrons. The summed E-state index contributed by atoms with van der Waals surface area (Å²) in [6.07, 6.45) is 6.41. The Labute approximate surface area is 49.4 Å². The lowest BCUT2D eigenvalue weighted by molar-refractivity contribution is 0.562. The fourth-order valence-corrected chi connectivity index (χ4v) is 0.931. The predicted octanol–water partition coefficient (Wildman–Crippen LogP) is 1.52. The van der Waals surface area contributed by atoms with Crippen molar-refractivity contribution in [1.29, 1.82) is 0 Å². The minimum Gasteiger partial charge on any atom is -0.234 e. The van der Waals surface area contributed by atoms with Crippen molar-refractivity contribution in [2.75, 3.05) is 0 Å². The van der Waals surface area contributed by atoms with E-state index in [0.29, 0.717) is 0 Å². The highest BCUT2D eigenvalue weighted by Crippen LogP contribution is 2.18. The molecule has 0 unspecified atom stereocenters. The van der Waals surface area contributed by atoms with E-state index >= 15 is 0 Å². The van der Waals surface area contributed by atoms with Crippen LogP contribution >= 0.6 is 0 Å². The Hall–Kier alpha value is -0.550. The summed E-state index contributed by atoms with van der Waals surface area (Å²) in [5, 5.41) is 0. The van der Waals surface area contributed by atoms with E-state index in [4.69, 9.17) is 0 Å². The van der Waals surface area contributed by atoms with Crippen molar-refractivity contribution in [3.63, 3.8) is 0 Å². The van der Waals surface area contributed by atoms with Crippen molar-refractivity contribution in [2.45, 2.75) is 25.7 Å². The molecule has 1 nitrogen and oxygen atoms in total. The van der Waals surface area contributed by atoms with Gasteiger partial charge in [-0.05, 0) is 25.7 Å². The number of hydrogen-bond acceptors (Lipinski definition) is 1. The summed E-state index contributed by atoms with van der Waals surface area (Å²) >= 11 is 0. The molecule has 1 heteroatoms. The lowest BCUT2D eigenvalue weighted by atomic mass is 9.96. The van der Waals surface area contributed by atoms with Gasteiger partial charge in [0.25, 0.3) is 0 Å². The minimum absolute atomic E-state index is 0.872. The Morgan fingerprint density at radius 2 is 2.38 bits per heavy atom. The van der Waals surface area contributed by atoms with Crippen LogP contribution < -0.4 is 0 Å². The van der Waals surface area contributed by atoms with Gasteiger partial charge in [-0.15, -0.1) is 0 Å². The van der Waals surface area contributed by atoms with Gasteiger partial charge in [0.2, 0.25) is 0 Å². The molecule has 0 saturated heterocycles. The molecule has 0 heterocycles. The maximum atomic E-state index is 9.97. The molecular weight excluding hydrogens is 100 g/mol. The maximum absolute atomic E-state index is 9.97. The third-order valence-corrected chi connectivity index (χ3v) is 1.42. The Morgan fingerprint density at radius 1 is 1.50 bits per heavy atom. The van der Waals surface area contributed by atoms with Crippen molar-refractivity contribution >= 4 is 5.94 Å². The summed E-state index contributed by atoms with van der Waals surface area (Å²) in [5.74, 6) is 1.92. The molecule has 0 aromatic rings. The van der Waals surface area contributed by atoms with Crippen LogP contribution in [0.5, 0.6) is 0 Å². The van der Waals surface area contributed by atoms with Crippen molar-refractivity contribution in [2.24, 2.45) is 0 Å². The van der Waals surface area contributed by atoms with E-state index in [-0.39, 0.29) is 0 Å². The summed E-state index contributed by atoms with van der Waals surface area (Å²) in [6, 6.07) is 0. The summed E-state index contributed by atoms with van der Waals surface area (Å²) < 4.78 is 0. The van der Waals surface area contributed by atoms with Crippen LogP contribution in [-0.2, 0) is 4.79 Å².